The highest BCUT2D eigenvalue weighted by atomic mass is 32.1. The third-order valence-electron chi connectivity index (χ3n) is 5.02. The molecular weight excluding hydrogens is 342 g/mol. The lowest BCUT2D eigenvalue weighted by Gasteiger charge is -2.21. The van der Waals surface area contributed by atoms with E-state index in [0.717, 1.165) is 50.4 Å². The average Bonchev–Trinajstić information content (AvgIpc) is 2.98. The Morgan fingerprint density at radius 3 is 2.65 bits per heavy atom. The molecule has 2 aromatic carbocycles. The standard InChI is InChI=1S/C21H25N3OS/c1-25-18-9-7-17(8-10-18)11-14-23-12-4-13-24(16-15-23)21-22-19-5-2-3-6-20(19)26-21/h2-3,5-10H,4,11-16H2,1H3. The summed E-state index contributed by atoms with van der Waals surface area (Å²) in [5, 5.41) is 1.17. The highest BCUT2D eigenvalue weighted by Crippen LogP contribution is 2.29. The predicted molar refractivity (Wildman–Crippen MR) is 110 cm³/mol. The number of thiazole rings is 1. The molecule has 0 spiro atoms. The molecule has 0 unspecified atom stereocenters. The summed E-state index contributed by atoms with van der Waals surface area (Å²) in [6.07, 6.45) is 2.28. The van der Waals surface area contributed by atoms with Crippen LogP contribution in [0.5, 0.6) is 5.75 Å². The van der Waals surface area contributed by atoms with Gasteiger partial charge in [-0.25, -0.2) is 4.98 Å². The minimum atomic E-state index is 0.926. The topological polar surface area (TPSA) is 28.6 Å². The van der Waals surface area contributed by atoms with Gasteiger partial charge in [0.2, 0.25) is 0 Å². The number of methoxy groups -OCH3 is 1. The summed E-state index contributed by atoms with van der Waals surface area (Å²) >= 11 is 1.81. The molecule has 1 aliphatic rings. The molecule has 0 N–H and O–H groups in total. The van der Waals surface area contributed by atoms with Crippen LogP contribution in [0.3, 0.4) is 0 Å². The van der Waals surface area contributed by atoms with Crippen LogP contribution in [0, 0.1) is 0 Å². The van der Waals surface area contributed by atoms with Crippen molar-refractivity contribution < 1.29 is 4.74 Å². The van der Waals surface area contributed by atoms with Crippen molar-refractivity contribution in [2.24, 2.45) is 0 Å². The highest BCUT2D eigenvalue weighted by molar-refractivity contribution is 7.22. The third-order valence-corrected chi connectivity index (χ3v) is 6.11. The summed E-state index contributed by atoms with van der Waals surface area (Å²) in [7, 11) is 1.71. The molecule has 1 aliphatic heterocycles. The summed E-state index contributed by atoms with van der Waals surface area (Å²) in [4.78, 5) is 9.86. The van der Waals surface area contributed by atoms with Gasteiger partial charge in [0.15, 0.2) is 5.13 Å². The second kappa shape index (κ2) is 8.06. The quantitative estimate of drug-likeness (QED) is 0.680. The van der Waals surface area contributed by atoms with Crippen molar-refractivity contribution in [1.29, 1.82) is 0 Å². The van der Waals surface area contributed by atoms with E-state index in [1.807, 2.05) is 23.5 Å². The molecule has 4 nitrogen and oxygen atoms in total. The number of rotatable bonds is 5. The third kappa shape index (κ3) is 4.00. The minimum absolute atomic E-state index is 0.926. The maximum Gasteiger partial charge on any atom is 0.186 e. The van der Waals surface area contributed by atoms with Crippen LogP contribution in [-0.2, 0) is 6.42 Å². The molecule has 1 fully saturated rings. The largest absolute Gasteiger partial charge is 0.497 e. The molecule has 5 heteroatoms. The van der Waals surface area contributed by atoms with Gasteiger partial charge in [-0.15, -0.1) is 0 Å². The molecule has 2 heterocycles. The Bertz CT molecular complexity index is 813. The van der Waals surface area contributed by atoms with E-state index in [0.29, 0.717) is 0 Å². The number of para-hydroxylation sites is 1. The van der Waals surface area contributed by atoms with Crippen LogP contribution in [0.15, 0.2) is 48.5 Å². The Hall–Kier alpha value is -2.11. The van der Waals surface area contributed by atoms with E-state index in [1.165, 1.54) is 21.8 Å². The molecule has 0 atom stereocenters. The zero-order chi connectivity index (χ0) is 17.8. The first-order valence-electron chi connectivity index (χ1n) is 9.27. The van der Waals surface area contributed by atoms with E-state index in [1.54, 1.807) is 7.11 Å². The number of aromatic nitrogens is 1. The zero-order valence-electron chi connectivity index (χ0n) is 15.2. The Kier molecular flexibility index (Phi) is 5.37. The van der Waals surface area contributed by atoms with Gasteiger partial charge in [-0.3, -0.25) is 0 Å². The van der Waals surface area contributed by atoms with Crippen LogP contribution >= 0.6 is 11.3 Å². The minimum Gasteiger partial charge on any atom is -0.497 e. The van der Waals surface area contributed by atoms with Crippen molar-refractivity contribution in [2.45, 2.75) is 12.8 Å². The number of nitrogens with zero attached hydrogens (tertiary/aromatic N) is 3. The van der Waals surface area contributed by atoms with Gasteiger partial charge in [-0.1, -0.05) is 35.6 Å². The van der Waals surface area contributed by atoms with Crippen LogP contribution in [-0.4, -0.2) is 49.7 Å². The van der Waals surface area contributed by atoms with Gasteiger partial charge in [0, 0.05) is 26.2 Å². The second-order valence-electron chi connectivity index (χ2n) is 6.74. The number of hydrogen-bond donors (Lipinski definition) is 0. The lowest BCUT2D eigenvalue weighted by molar-refractivity contribution is 0.297. The number of ether oxygens (including phenoxy) is 1. The van der Waals surface area contributed by atoms with Gasteiger partial charge in [0.05, 0.1) is 17.3 Å². The van der Waals surface area contributed by atoms with E-state index in [-0.39, 0.29) is 0 Å². The molecule has 0 radical (unpaired) electrons. The Morgan fingerprint density at radius 1 is 1.00 bits per heavy atom. The first kappa shape index (κ1) is 17.3. The molecule has 26 heavy (non-hydrogen) atoms. The van der Waals surface area contributed by atoms with Crippen LogP contribution in [0.25, 0.3) is 10.2 Å². The fourth-order valence-electron chi connectivity index (χ4n) is 3.46. The number of hydrogen-bond acceptors (Lipinski definition) is 5. The molecule has 4 rings (SSSR count). The first-order valence-corrected chi connectivity index (χ1v) is 10.1. The predicted octanol–water partition coefficient (Wildman–Crippen LogP) is 4.06. The molecule has 0 bridgehead atoms. The van der Waals surface area contributed by atoms with Crippen molar-refractivity contribution in [3.63, 3.8) is 0 Å². The van der Waals surface area contributed by atoms with Crippen LogP contribution in [0.2, 0.25) is 0 Å². The normalized spacial score (nSPS) is 16.0. The molecule has 0 amide bonds. The van der Waals surface area contributed by atoms with Crippen LogP contribution < -0.4 is 9.64 Å². The fraction of sp³-hybridized carbons (Fsp3) is 0.381. The SMILES string of the molecule is COc1ccc(CCN2CCCN(c3nc4ccccc4s3)CC2)cc1. The molecule has 3 aromatic rings. The lowest BCUT2D eigenvalue weighted by Crippen LogP contribution is -2.32. The Morgan fingerprint density at radius 2 is 1.85 bits per heavy atom. The first-order chi connectivity index (χ1) is 12.8. The van der Waals surface area contributed by atoms with Crippen molar-refractivity contribution in [3.8, 4) is 5.75 Å². The number of benzene rings is 2. The van der Waals surface area contributed by atoms with E-state index in [9.17, 15) is 0 Å². The van der Waals surface area contributed by atoms with Crippen LogP contribution in [0.1, 0.15) is 12.0 Å². The molecule has 1 saturated heterocycles. The number of anilines is 1. The summed E-state index contributed by atoms with van der Waals surface area (Å²) in [5.74, 6) is 0.926. The van der Waals surface area contributed by atoms with E-state index < -0.39 is 0 Å². The van der Waals surface area contributed by atoms with Gasteiger partial charge in [-0.05, 0) is 49.2 Å². The average molecular weight is 368 g/mol. The molecule has 0 aliphatic carbocycles. The van der Waals surface area contributed by atoms with Gasteiger partial charge in [0.1, 0.15) is 5.75 Å². The van der Waals surface area contributed by atoms with Crippen molar-refractivity contribution >= 4 is 26.7 Å². The maximum absolute atomic E-state index is 5.23. The van der Waals surface area contributed by atoms with E-state index >= 15 is 0 Å². The zero-order valence-corrected chi connectivity index (χ0v) is 16.0. The van der Waals surface area contributed by atoms with E-state index in [4.69, 9.17) is 9.72 Å². The number of fused-ring (bicyclic) bond motifs is 1. The molecule has 136 valence electrons. The van der Waals surface area contributed by atoms with Crippen molar-refractivity contribution in [3.05, 3.63) is 54.1 Å². The van der Waals surface area contributed by atoms with Gasteiger partial charge < -0.3 is 14.5 Å². The Balaban J connectivity index is 1.34. The second-order valence-corrected chi connectivity index (χ2v) is 7.75. The van der Waals surface area contributed by atoms with Gasteiger partial charge in [0.25, 0.3) is 0 Å². The molecule has 0 saturated carbocycles. The summed E-state index contributed by atoms with van der Waals surface area (Å²) in [6, 6.07) is 16.9. The highest BCUT2D eigenvalue weighted by Gasteiger charge is 2.17. The van der Waals surface area contributed by atoms with Gasteiger partial charge in [-0.2, -0.15) is 0 Å². The molecule has 1 aromatic heterocycles. The van der Waals surface area contributed by atoms with Crippen LogP contribution in [0.4, 0.5) is 5.13 Å². The monoisotopic (exact) mass is 367 g/mol. The van der Waals surface area contributed by atoms with Crippen molar-refractivity contribution in [2.75, 3.05) is 44.7 Å². The molecular formula is C21H25N3OS. The van der Waals surface area contributed by atoms with E-state index in [2.05, 4.69) is 46.2 Å². The van der Waals surface area contributed by atoms with Crippen molar-refractivity contribution in [1.82, 2.24) is 9.88 Å². The lowest BCUT2D eigenvalue weighted by atomic mass is 10.1. The summed E-state index contributed by atoms with van der Waals surface area (Å²) in [5.41, 5.74) is 2.49. The Labute approximate surface area is 159 Å². The maximum atomic E-state index is 5.23. The van der Waals surface area contributed by atoms with Gasteiger partial charge >= 0.3 is 0 Å². The summed E-state index contributed by atoms with van der Waals surface area (Å²) in [6.45, 7) is 5.53. The smallest absolute Gasteiger partial charge is 0.186 e. The summed E-state index contributed by atoms with van der Waals surface area (Å²) < 4.78 is 6.52. The fourth-order valence-corrected chi connectivity index (χ4v) is 4.48.